The minimum Gasteiger partial charge on any atom is -0.455 e. The fraction of sp³-hybridized carbons (Fsp3) is 0. The van der Waals surface area contributed by atoms with Crippen LogP contribution >= 0.6 is 0 Å². The van der Waals surface area contributed by atoms with Gasteiger partial charge in [0.05, 0.1) is 6.85 Å². The highest BCUT2D eigenvalue weighted by molar-refractivity contribution is 6.22. The zero-order chi connectivity index (χ0) is 34.1. The topological polar surface area (TPSA) is 13.1 Å². The molecule has 0 unspecified atom stereocenters. The first-order valence-electron chi connectivity index (χ1n) is 17.5. The van der Waals surface area contributed by atoms with Crippen molar-refractivity contribution in [1.29, 1.82) is 0 Å². The summed E-state index contributed by atoms with van der Waals surface area (Å²) in [4.78, 5) is 0. The van der Waals surface area contributed by atoms with Crippen molar-refractivity contribution in [3.63, 3.8) is 0 Å². The number of hydrogen-bond acceptors (Lipinski definition) is 1. The molecule has 1 nitrogen and oxygen atoms in total. The van der Waals surface area contributed by atoms with Gasteiger partial charge in [-0.1, -0.05) is 152 Å². The summed E-state index contributed by atoms with van der Waals surface area (Å²) < 4.78 is 48.3. The highest BCUT2D eigenvalue weighted by Gasteiger charge is 2.20. The second kappa shape index (κ2) is 10.4. The molecule has 0 aliphatic heterocycles. The van der Waals surface area contributed by atoms with E-state index in [9.17, 15) is 0 Å². The molecule has 0 N–H and O–H groups in total. The highest BCUT2D eigenvalue weighted by atomic mass is 16.3. The van der Waals surface area contributed by atoms with E-state index in [2.05, 4.69) is 97.1 Å². The van der Waals surface area contributed by atoms with E-state index in [0.29, 0.717) is 11.1 Å². The molecule has 1 heteroatoms. The maximum atomic E-state index is 8.57. The fourth-order valence-electron chi connectivity index (χ4n) is 6.74. The Hall–Kier alpha value is -5.92. The number of para-hydroxylation sites is 1. The maximum absolute atomic E-state index is 8.57. The molecule has 0 saturated carbocycles. The quantitative estimate of drug-likeness (QED) is 0.190. The van der Waals surface area contributed by atoms with Crippen LogP contribution < -0.4 is 0 Å². The Balaban J connectivity index is 1.36. The number of furan rings is 1. The molecular weight excluding hydrogens is 544 g/mol. The number of fused-ring (bicyclic) bond motifs is 5. The molecule has 1 heterocycles. The standard InChI is InChI=1S/C44H28O/c1-4-13-29(14-5-1)32-25-26-42-41(27-32)37-23-12-24-38(44(37)45-42)43-35-21-10-19-33(30-15-6-2-7-16-30)39(35)28-40-34(20-11-22-36(40)43)31-17-8-3-9-18-31/h1-28H/i1D,4D,5D,13D,14D. The van der Waals surface area contributed by atoms with E-state index in [1.807, 2.05) is 36.4 Å². The van der Waals surface area contributed by atoms with Gasteiger partial charge in [0.25, 0.3) is 0 Å². The third-order valence-corrected chi connectivity index (χ3v) is 8.76. The first-order chi connectivity index (χ1) is 24.4. The molecule has 0 amide bonds. The summed E-state index contributed by atoms with van der Waals surface area (Å²) in [5, 5.41) is 6.19. The normalized spacial score (nSPS) is 13.1. The van der Waals surface area contributed by atoms with Crippen molar-refractivity contribution in [2.24, 2.45) is 0 Å². The number of benzene rings is 8. The molecule has 210 valence electrons. The molecule has 1 aromatic heterocycles. The van der Waals surface area contributed by atoms with Crippen LogP contribution in [0.2, 0.25) is 0 Å². The van der Waals surface area contributed by atoms with Gasteiger partial charge < -0.3 is 4.42 Å². The van der Waals surface area contributed by atoms with E-state index in [0.717, 1.165) is 71.3 Å². The van der Waals surface area contributed by atoms with Crippen LogP contribution in [0.15, 0.2) is 174 Å². The monoisotopic (exact) mass is 577 g/mol. The molecular formula is C44H28O. The highest BCUT2D eigenvalue weighted by Crippen LogP contribution is 2.46. The first kappa shape index (κ1) is 20.9. The van der Waals surface area contributed by atoms with Gasteiger partial charge in [-0.25, -0.2) is 0 Å². The summed E-state index contributed by atoms with van der Waals surface area (Å²) in [6.07, 6.45) is 0. The lowest BCUT2D eigenvalue weighted by molar-refractivity contribution is 0.670. The largest absolute Gasteiger partial charge is 0.455 e. The third-order valence-electron chi connectivity index (χ3n) is 8.76. The zero-order valence-electron chi connectivity index (χ0n) is 29.2. The maximum Gasteiger partial charge on any atom is 0.143 e. The molecule has 0 radical (unpaired) electrons. The zero-order valence-corrected chi connectivity index (χ0v) is 24.2. The van der Waals surface area contributed by atoms with Gasteiger partial charge in [0.2, 0.25) is 0 Å². The van der Waals surface area contributed by atoms with Crippen molar-refractivity contribution in [2.75, 3.05) is 0 Å². The van der Waals surface area contributed by atoms with Gasteiger partial charge in [-0.15, -0.1) is 0 Å². The van der Waals surface area contributed by atoms with Gasteiger partial charge in [0.15, 0.2) is 0 Å². The van der Waals surface area contributed by atoms with Crippen molar-refractivity contribution in [3.05, 3.63) is 170 Å². The Labute approximate surface area is 268 Å². The second-order valence-corrected chi connectivity index (χ2v) is 11.3. The third kappa shape index (κ3) is 4.17. The number of rotatable bonds is 4. The molecule has 0 spiro atoms. The van der Waals surface area contributed by atoms with Crippen LogP contribution in [0.4, 0.5) is 0 Å². The minimum atomic E-state index is -0.406. The van der Waals surface area contributed by atoms with Crippen LogP contribution in [0.3, 0.4) is 0 Å². The molecule has 45 heavy (non-hydrogen) atoms. The summed E-state index contributed by atoms with van der Waals surface area (Å²) in [6, 6.07) is 46.3. The van der Waals surface area contributed by atoms with Crippen LogP contribution in [-0.2, 0) is 0 Å². The average molecular weight is 578 g/mol. The lowest BCUT2D eigenvalue weighted by Crippen LogP contribution is -1.91. The Morgan fingerprint density at radius 1 is 0.378 bits per heavy atom. The Bertz CT molecular complexity index is 2680. The predicted octanol–water partition coefficient (Wildman–Crippen LogP) is 12.6. The Kier molecular flexibility index (Phi) is 4.81. The molecule has 0 aliphatic rings. The van der Waals surface area contributed by atoms with E-state index in [4.69, 9.17) is 11.3 Å². The van der Waals surface area contributed by atoms with Crippen molar-refractivity contribution in [1.82, 2.24) is 0 Å². The van der Waals surface area contributed by atoms with Crippen molar-refractivity contribution >= 4 is 43.5 Å². The van der Waals surface area contributed by atoms with Gasteiger partial charge >= 0.3 is 0 Å². The second-order valence-electron chi connectivity index (χ2n) is 11.3. The van der Waals surface area contributed by atoms with Gasteiger partial charge in [0, 0.05) is 21.9 Å². The van der Waals surface area contributed by atoms with E-state index in [-0.39, 0.29) is 29.7 Å². The summed E-state index contributed by atoms with van der Waals surface area (Å²) in [6.45, 7) is 0. The van der Waals surface area contributed by atoms with Crippen LogP contribution in [0.25, 0.3) is 88.0 Å². The molecule has 0 fully saturated rings. The van der Waals surface area contributed by atoms with Gasteiger partial charge in [-0.2, -0.15) is 0 Å². The van der Waals surface area contributed by atoms with Crippen LogP contribution in [0, 0.1) is 0 Å². The van der Waals surface area contributed by atoms with Crippen molar-refractivity contribution < 1.29 is 11.3 Å². The molecule has 9 rings (SSSR count). The predicted molar refractivity (Wildman–Crippen MR) is 190 cm³/mol. The summed E-state index contributed by atoms with van der Waals surface area (Å²) in [5.74, 6) is 0. The van der Waals surface area contributed by atoms with Gasteiger partial charge in [-0.3, -0.25) is 0 Å². The minimum absolute atomic E-state index is 0.172. The van der Waals surface area contributed by atoms with Crippen LogP contribution in [0.1, 0.15) is 6.85 Å². The first-order valence-corrected chi connectivity index (χ1v) is 15.0. The van der Waals surface area contributed by atoms with E-state index >= 15 is 0 Å². The molecule has 0 saturated heterocycles. The van der Waals surface area contributed by atoms with Crippen LogP contribution in [0.5, 0.6) is 0 Å². The molecule has 9 aromatic rings. The lowest BCUT2D eigenvalue weighted by atomic mass is 9.86. The SMILES string of the molecule is [2H]c1c([2H])c([2H])c(-c2ccc3oc4c(-c5c6cccc(-c7ccccc7)c6cc6c(-c7ccccc7)cccc56)cccc4c3c2)c([2H])c1[2H]. The van der Waals surface area contributed by atoms with Crippen molar-refractivity contribution in [3.8, 4) is 44.5 Å². The van der Waals surface area contributed by atoms with E-state index < -0.39 is 6.04 Å². The van der Waals surface area contributed by atoms with E-state index in [1.165, 1.54) is 0 Å². The molecule has 0 bridgehead atoms. The van der Waals surface area contributed by atoms with Crippen LogP contribution in [-0.4, -0.2) is 0 Å². The van der Waals surface area contributed by atoms with Gasteiger partial charge in [0.1, 0.15) is 11.2 Å². The smallest absolute Gasteiger partial charge is 0.143 e. The summed E-state index contributed by atoms with van der Waals surface area (Å²) in [5.41, 5.74) is 8.70. The fourth-order valence-corrected chi connectivity index (χ4v) is 6.74. The molecule has 0 aliphatic carbocycles. The van der Waals surface area contributed by atoms with Gasteiger partial charge in [-0.05, 0) is 73.1 Å². The summed E-state index contributed by atoms with van der Waals surface area (Å²) >= 11 is 0. The summed E-state index contributed by atoms with van der Waals surface area (Å²) in [7, 11) is 0. The van der Waals surface area contributed by atoms with E-state index in [1.54, 1.807) is 6.07 Å². The Morgan fingerprint density at radius 2 is 0.956 bits per heavy atom. The molecule has 8 aromatic carbocycles. The lowest BCUT2D eigenvalue weighted by Gasteiger charge is -2.17. The average Bonchev–Trinajstić information content (AvgIpc) is 3.54. The molecule has 0 atom stereocenters. The Morgan fingerprint density at radius 3 is 1.58 bits per heavy atom. The number of hydrogen-bond donors (Lipinski definition) is 0. The van der Waals surface area contributed by atoms with Crippen molar-refractivity contribution in [2.45, 2.75) is 0 Å².